The summed E-state index contributed by atoms with van der Waals surface area (Å²) in [7, 11) is 2.02. The molecular weight excluding hydrogens is 270 g/mol. The summed E-state index contributed by atoms with van der Waals surface area (Å²) >= 11 is 0. The average molecular weight is 297 g/mol. The van der Waals surface area contributed by atoms with Gasteiger partial charge in [0.2, 0.25) is 0 Å². The molecule has 22 heavy (non-hydrogen) atoms. The predicted molar refractivity (Wildman–Crippen MR) is 90.8 cm³/mol. The monoisotopic (exact) mass is 297 g/mol. The van der Waals surface area contributed by atoms with Crippen LogP contribution < -0.4 is 0 Å². The van der Waals surface area contributed by atoms with Gasteiger partial charge in [0, 0.05) is 13.0 Å². The van der Waals surface area contributed by atoms with Gasteiger partial charge in [-0.3, -0.25) is 4.90 Å². The fourth-order valence-electron chi connectivity index (χ4n) is 4.02. The van der Waals surface area contributed by atoms with Crippen molar-refractivity contribution in [2.75, 3.05) is 13.6 Å². The number of terminal acetylenes is 1. The third kappa shape index (κ3) is 2.47. The van der Waals surface area contributed by atoms with E-state index in [1.54, 1.807) is 11.1 Å². The average Bonchev–Trinajstić information content (AvgIpc) is 2.47. The Kier molecular flexibility index (Phi) is 4.05. The molecule has 1 aromatic carbocycles. The summed E-state index contributed by atoms with van der Waals surface area (Å²) in [4.78, 5) is 2.14. The van der Waals surface area contributed by atoms with E-state index in [2.05, 4.69) is 42.0 Å². The minimum Gasteiger partial charge on any atom is -0.393 e. The van der Waals surface area contributed by atoms with Crippen LogP contribution in [-0.4, -0.2) is 35.2 Å². The molecule has 0 spiro atoms. The second-order valence-corrected chi connectivity index (χ2v) is 7.47. The van der Waals surface area contributed by atoms with Gasteiger partial charge in [-0.2, -0.15) is 0 Å². The molecule has 5 atom stereocenters. The Morgan fingerprint density at radius 1 is 1.23 bits per heavy atom. The van der Waals surface area contributed by atoms with Gasteiger partial charge in [-0.15, -0.1) is 6.42 Å². The lowest BCUT2D eigenvalue weighted by Gasteiger charge is -2.48. The van der Waals surface area contributed by atoms with E-state index in [1.165, 1.54) is 12.8 Å². The summed E-state index contributed by atoms with van der Waals surface area (Å²) in [5.41, 5.74) is 3.02. The van der Waals surface area contributed by atoms with Crippen LogP contribution in [0.4, 0.5) is 0 Å². The molecule has 0 bridgehead atoms. The summed E-state index contributed by atoms with van der Waals surface area (Å²) < 4.78 is 0. The Bertz CT molecular complexity index is 561. The zero-order valence-corrected chi connectivity index (χ0v) is 13.9. The summed E-state index contributed by atoms with van der Waals surface area (Å²) in [6.07, 6.45) is 8.76. The van der Waals surface area contributed by atoms with Crippen LogP contribution >= 0.6 is 0 Å². The maximum Gasteiger partial charge on any atom is 0.0817 e. The Morgan fingerprint density at radius 3 is 2.23 bits per heavy atom. The van der Waals surface area contributed by atoms with Gasteiger partial charge >= 0.3 is 0 Å². The first kappa shape index (κ1) is 15.6. The largest absolute Gasteiger partial charge is 0.393 e. The molecule has 1 aliphatic heterocycles. The number of hydrogen-bond acceptors (Lipinski definition) is 2. The Hall–Kier alpha value is -1.30. The van der Waals surface area contributed by atoms with Crippen LogP contribution in [0.3, 0.4) is 0 Å². The first-order chi connectivity index (χ1) is 10.5. The van der Waals surface area contributed by atoms with Crippen LogP contribution in [0.25, 0.3) is 0 Å². The van der Waals surface area contributed by atoms with Crippen molar-refractivity contribution < 1.29 is 5.11 Å². The Morgan fingerprint density at radius 2 is 1.77 bits per heavy atom. The number of piperidine rings is 1. The van der Waals surface area contributed by atoms with E-state index in [-0.39, 0.29) is 11.6 Å². The maximum absolute atomic E-state index is 9.64. The lowest BCUT2D eigenvalue weighted by Crippen LogP contribution is -2.53. The van der Waals surface area contributed by atoms with Crippen LogP contribution in [-0.2, 0) is 0 Å². The zero-order chi connectivity index (χ0) is 15.9. The third-order valence-corrected chi connectivity index (χ3v) is 6.05. The summed E-state index contributed by atoms with van der Waals surface area (Å²) in [6, 6.07) is 8.89. The quantitative estimate of drug-likeness (QED) is 0.742. The minimum absolute atomic E-state index is 0.248. The standard InChI is InChI=1S/C10H17NO.C10H10/c1-5-10(3)6-9(12)8(2)7-11(10)4;1-2-4-8-7(3-1)9-5-6-10(8)9/h1,8-9,12H,6-7H2,2-4H3;1-4,9-10H,5-6H2/t8-,9-,10-;/m1./s1. The number of nitrogens with zero attached hydrogens (tertiary/aromatic N) is 1. The van der Waals surface area contributed by atoms with Crippen molar-refractivity contribution in [3.63, 3.8) is 0 Å². The molecule has 2 aliphatic carbocycles. The number of rotatable bonds is 0. The molecular formula is C20H27NO. The minimum atomic E-state index is -0.258. The number of aliphatic hydroxyl groups is 1. The lowest BCUT2D eigenvalue weighted by molar-refractivity contribution is -0.00779. The molecule has 1 saturated heterocycles. The van der Waals surface area contributed by atoms with Gasteiger partial charge in [0.1, 0.15) is 0 Å². The highest BCUT2D eigenvalue weighted by Crippen LogP contribution is 2.59. The van der Waals surface area contributed by atoms with E-state index in [1.807, 2.05) is 14.0 Å². The number of likely N-dealkylation sites (tertiary alicyclic amines) is 1. The molecule has 0 aromatic heterocycles. The van der Waals surface area contributed by atoms with E-state index in [9.17, 15) is 5.11 Å². The molecule has 2 nitrogen and oxygen atoms in total. The molecule has 4 rings (SSSR count). The SMILES string of the molecule is C#C[C@]1(C)C[C@@H](O)[C@H](C)CN1C.c1ccc2c(c1)C1CCC21. The highest BCUT2D eigenvalue weighted by atomic mass is 16.3. The van der Waals surface area contributed by atoms with Gasteiger partial charge in [-0.05, 0) is 55.7 Å². The van der Waals surface area contributed by atoms with Crippen LogP contribution in [0.15, 0.2) is 24.3 Å². The fraction of sp³-hybridized carbons (Fsp3) is 0.600. The van der Waals surface area contributed by atoms with E-state index in [0.717, 1.165) is 18.4 Å². The molecule has 1 N–H and O–H groups in total. The van der Waals surface area contributed by atoms with E-state index >= 15 is 0 Å². The maximum atomic E-state index is 9.64. The summed E-state index contributed by atoms with van der Waals surface area (Å²) in [6.45, 7) is 4.93. The Balaban J connectivity index is 0.000000132. The van der Waals surface area contributed by atoms with Crippen molar-refractivity contribution in [1.29, 1.82) is 0 Å². The number of benzene rings is 1. The molecule has 2 fully saturated rings. The van der Waals surface area contributed by atoms with Crippen molar-refractivity contribution in [1.82, 2.24) is 4.90 Å². The van der Waals surface area contributed by atoms with Crippen LogP contribution in [0.1, 0.15) is 56.1 Å². The smallest absolute Gasteiger partial charge is 0.0817 e. The molecule has 2 unspecified atom stereocenters. The third-order valence-electron chi connectivity index (χ3n) is 6.05. The zero-order valence-electron chi connectivity index (χ0n) is 13.9. The molecule has 2 heteroatoms. The van der Waals surface area contributed by atoms with Crippen molar-refractivity contribution in [2.24, 2.45) is 5.92 Å². The number of aliphatic hydroxyl groups excluding tert-OH is 1. The number of fused-ring (bicyclic) bond motifs is 4. The first-order valence-corrected chi connectivity index (χ1v) is 8.42. The molecule has 1 aromatic rings. The van der Waals surface area contributed by atoms with E-state index in [0.29, 0.717) is 12.3 Å². The van der Waals surface area contributed by atoms with Gasteiger partial charge in [0.05, 0.1) is 11.6 Å². The molecule has 0 amide bonds. The second kappa shape index (κ2) is 5.72. The second-order valence-electron chi connectivity index (χ2n) is 7.47. The van der Waals surface area contributed by atoms with Crippen LogP contribution in [0.2, 0.25) is 0 Å². The van der Waals surface area contributed by atoms with Gasteiger partial charge in [-0.25, -0.2) is 0 Å². The molecule has 1 heterocycles. The van der Waals surface area contributed by atoms with Crippen molar-refractivity contribution >= 4 is 0 Å². The van der Waals surface area contributed by atoms with Gasteiger partial charge in [0.15, 0.2) is 0 Å². The topological polar surface area (TPSA) is 23.5 Å². The van der Waals surface area contributed by atoms with Crippen LogP contribution in [0, 0.1) is 18.3 Å². The normalized spacial score (nSPS) is 39.0. The summed E-state index contributed by atoms with van der Waals surface area (Å²) in [5, 5.41) is 9.64. The molecule has 1 saturated carbocycles. The number of hydrogen-bond donors (Lipinski definition) is 1. The highest BCUT2D eigenvalue weighted by molar-refractivity contribution is 5.47. The summed E-state index contributed by atoms with van der Waals surface area (Å²) in [5.74, 6) is 5.01. The highest BCUT2D eigenvalue weighted by Gasteiger charge is 2.43. The fourth-order valence-corrected chi connectivity index (χ4v) is 4.02. The van der Waals surface area contributed by atoms with Crippen molar-refractivity contribution in [3.8, 4) is 12.3 Å². The van der Waals surface area contributed by atoms with Gasteiger partial charge < -0.3 is 5.11 Å². The molecule has 3 aliphatic rings. The van der Waals surface area contributed by atoms with Crippen molar-refractivity contribution in [3.05, 3.63) is 35.4 Å². The van der Waals surface area contributed by atoms with Crippen LogP contribution in [0.5, 0.6) is 0 Å². The van der Waals surface area contributed by atoms with Crippen molar-refractivity contribution in [2.45, 2.75) is 56.6 Å². The predicted octanol–water partition coefficient (Wildman–Crippen LogP) is 3.37. The van der Waals surface area contributed by atoms with E-state index in [4.69, 9.17) is 6.42 Å². The molecule has 118 valence electrons. The molecule has 0 radical (unpaired) electrons. The Labute approximate surface area is 134 Å². The lowest BCUT2D eigenvalue weighted by atomic mass is 9.56. The first-order valence-electron chi connectivity index (χ1n) is 8.42. The van der Waals surface area contributed by atoms with E-state index < -0.39 is 0 Å². The van der Waals surface area contributed by atoms with Gasteiger partial charge in [-0.1, -0.05) is 37.1 Å². The van der Waals surface area contributed by atoms with Gasteiger partial charge in [0.25, 0.3) is 0 Å².